The third-order valence-corrected chi connectivity index (χ3v) is 7.00. The lowest BCUT2D eigenvalue weighted by Gasteiger charge is -2.24. The molecular formula is C19H29N5O4S. The maximum absolute atomic E-state index is 12.6. The summed E-state index contributed by atoms with van der Waals surface area (Å²) in [6.07, 6.45) is 3.84. The van der Waals surface area contributed by atoms with Gasteiger partial charge in [0.05, 0.1) is 12.4 Å². The molecule has 3 heterocycles. The number of hydrogen-bond acceptors (Lipinski definition) is 7. The first kappa shape index (κ1) is 21.6. The van der Waals surface area contributed by atoms with Gasteiger partial charge in [-0.15, -0.1) is 5.10 Å². The average Bonchev–Trinajstić information content (AvgIpc) is 3.22. The first-order valence-electron chi connectivity index (χ1n) is 10.2. The fourth-order valence-electron chi connectivity index (χ4n) is 3.60. The highest BCUT2D eigenvalue weighted by Crippen LogP contribution is 2.22. The lowest BCUT2D eigenvalue weighted by molar-refractivity contribution is -0.148. The number of carbonyl (C=O) groups excluding carboxylic acids is 1. The second kappa shape index (κ2) is 9.17. The average molecular weight is 424 g/mol. The second-order valence-corrected chi connectivity index (χ2v) is 9.53. The molecule has 160 valence electrons. The van der Waals surface area contributed by atoms with E-state index >= 15 is 0 Å². The van der Waals surface area contributed by atoms with Crippen LogP contribution >= 0.6 is 0 Å². The molecule has 0 saturated carbocycles. The molecule has 29 heavy (non-hydrogen) atoms. The summed E-state index contributed by atoms with van der Waals surface area (Å²) < 4.78 is 32.9. The molecule has 0 bridgehead atoms. The van der Waals surface area contributed by atoms with Gasteiger partial charge in [-0.2, -0.15) is 9.29 Å². The molecule has 0 aromatic carbocycles. The molecule has 9 nitrogen and oxygen atoms in total. The largest absolute Gasteiger partial charge is 0.464 e. The van der Waals surface area contributed by atoms with Crippen molar-refractivity contribution in [3.63, 3.8) is 0 Å². The SMILES string of the molecule is CCCCC(C(=O)OCCCc1nc2nc(C)cc(C)n2n1)N1CCCS1(=O)=O. The van der Waals surface area contributed by atoms with Crippen LogP contribution in [0.4, 0.5) is 0 Å². The first-order chi connectivity index (χ1) is 13.8. The summed E-state index contributed by atoms with van der Waals surface area (Å²) in [6.45, 7) is 6.47. The van der Waals surface area contributed by atoms with E-state index in [0.717, 1.165) is 24.2 Å². The van der Waals surface area contributed by atoms with Crippen molar-refractivity contribution in [2.45, 2.75) is 65.3 Å². The summed E-state index contributed by atoms with van der Waals surface area (Å²) in [5, 5.41) is 4.44. The normalized spacial score (nSPS) is 17.6. The fourth-order valence-corrected chi connectivity index (χ4v) is 5.31. The number of esters is 1. The second-order valence-electron chi connectivity index (χ2n) is 7.49. The standard InChI is InChI=1S/C19H29N5O4S/c1-4-5-8-16(23-10-7-12-29(23,26)27)18(25)28-11-6-9-17-21-19-20-14(2)13-15(3)24(19)22-17/h13,16H,4-12H2,1-3H3. The molecule has 1 saturated heterocycles. The Balaban J connectivity index is 1.55. The number of nitrogens with zero attached hydrogens (tertiary/aromatic N) is 5. The van der Waals surface area contributed by atoms with Gasteiger partial charge >= 0.3 is 5.97 Å². The Kier molecular flexibility index (Phi) is 6.84. The van der Waals surface area contributed by atoms with Crippen molar-refractivity contribution in [2.75, 3.05) is 18.9 Å². The van der Waals surface area contributed by atoms with E-state index in [1.165, 1.54) is 4.31 Å². The molecule has 1 aliphatic rings. The summed E-state index contributed by atoms with van der Waals surface area (Å²) in [5.41, 5.74) is 1.85. The van der Waals surface area contributed by atoms with E-state index in [0.29, 0.717) is 43.8 Å². The fraction of sp³-hybridized carbons (Fsp3) is 0.684. The topological polar surface area (TPSA) is 107 Å². The van der Waals surface area contributed by atoms with E-state index in [2.05, 4.69) is 15.1 Å². The zero-order valence-electron chi connectivity index (χ0n) is 17.3. The van der Waals surface area contributed by atoms with Gasteiger partial charge in [0.2, 0.25) is 10.0 Å². The van der Waals surface area contributed by atoms with Crippen molar-refractivity contribution in [2.24, 2.45) is 0 Å². The molecule has 0 aliphatic carbocycles. The molecule has 1 fully saturated rings. The Morgan fingerprint density at radius 2 is 2.07 bits per heavy atom. The third-order valence-electron chi connectivity index (χ3n) is 5.04. The number of sulfonamides is 1. The molecule has 2 aromatic heterocycles. The van der Waals surface area contributed by atoms with Gasteiger partial charge in [-0.1, -0.05) is 19.8 Å². The molecule has 0 amide bonds. The zero-order chi connectivity index (χ0) is 21.0. The molecule has 10 heteroatoms. The summed E-state index contributed by atoms with van der Waals surface area (Å²) >= 11 is 0. The van der Waals surface area contributed by atoms with Crippen LogP contribution in [0.25, 0.3) is 5.78 Å². The van der Waals surface area contributed by atoms with Crippen LogP contribution < -0.4 is 0 Å². The van der Waals surface area contributed by atoms with Crippen molar-refractivity contribution in [3.8, 4) is 0 Å². The van der Waals surface area contributed by atoms with E-state index in [1.807, 2.05) is 26.8 Å². The highest BCUT2D eigenvalue weighted by Gasteiger charge is 2.38. The van der Waals surface area contributed by atoms with Crippen molar-refractivity contribution in [1.29, 1.82) is 0 Å². The van der Waals surface area contributed by atoms with Gasteiger partial charge in [-0.3, -0.25) is 4.79 Å². The third kappa shape index (κ3) is 5.11. The Labute approximate surface area is 171 Å². The number of fused-ring (bicyclic) bond motifs is 1. The predicted molar refractivity (Wildman–Crippen MR) is 108 cm³/mol. The lowest BCUT2D eigenvalue weighted by atomic mass is 10.1. The summed E-state index contributed by atoms with van der Waals surface area (Å²) in [4.78, 5) is 21.4. The predicted octanol–water partition coefficient (Wildman–Crippen LogP) is 1.81. The number of aromatic nitrogens is 4. The zero-order valence-corrected chi connectivity index (χ0v) is 18.1. The Hall–Kier alpha value is -2.07. The van der Waals surface area contributed by atoms with E-state index < -0.39 is 22.0 Å². The van der Waals surface area contributed by atoms with Crippen LogP contribution in [0.5, 0.6) is 0 Å². The van der Waals surface area contributed by atoms with Crippen LogP contribution in [0.2, 0.25) is 0 Å². The van der Waals surface area contributed by atoms with Crippen LogP contribution in [-0.4, -0.2) is 63.2 Å². The van der Waals surface area contributed by atoms with E-state index in [4.69, 9.17) is 4.74 Å². The van der Waals surface area contributed by atoms with Crippen LogP contribution in [0.1, 0.15) is 56.2 Å². The number of unbranched alkanes of at least 4 members (excludes halogenated alkanes) is 1. The maximum Gasteiger partial charge on any atom is 0.324 e. The quantitative estimate of drug-likeness (QED) is 0.447. The molecule has 1 atom stereocenters. The smallest absolute Gasteiger partial charge is 0.324 e. The highest BCUT2D eigenvalue weighted by atomic mass is 32.2. The van der Waals surface area contributed by atoms with Gasteiger partial charge < -0.3 is 4.74 Å². The van der Waals surface area contributed by atoms with Crippen LogP contribution in [-0.2, 0) is 26.0 Å². The molecule has 0 N–H and O–H groups in total. The highest BCUT2D eigenvalue weighted by molar-refractivity contribution is 7.89. The van der Waals surface area contributed by atoms with Gasteiger partial charge in [-0.25, -0.2) is 17.9 Å². The summed E-state index contributed by atoms with van der Waals surface area (Å²) in [7, 11) is -3.36. The minimum absolute atomic E-state index is 0.107. The molecular weight excluding hydrogens is 394 g/mol. The molecule has 3 rings (SSSR count). The number of hydrogen-bond donors (Lipinski definition) is 0. The van der Waals surface area contributed by atoms with Gasteiger partial charge in [0.15, 0.2) is 5.82 Å². The van der Waals surface area contributed by atoms with Crippen LogP contribution in [0.3, 0.4) is 0 Å². The minimum atomic E-state index is -3.36. The van der Waals surface area contributed by atoms with Crippen LogP contribution in [0, 0.1) is 13.8 Å². The van der Waals surface area contributed by atoms with Gasteiger partial charge in [0.1, 0.15) is 6.04 Å². The summed E-state index contributed by atoms with van der Waals surface area (Å²) in [5.74, 6) is 0.857. The van der Waals surface area contributed by atoms with Crippen molar-refractivity contribution in [3.05, 3.63) is 23.3 Å². The molecule has 1 aliphatic heterocycles. The maximum atomic E-state index is 12.6. The summed E-state index contributed by atoms with van der Waals surface area (Å²) in [6, 6.07) is 1.22. The van der Waals surface area contributed by atoms with Crippen LogP contribution in [0.15, 0.2) is 6.07 Å². The Bertz CT molecular complexity index is 972. The Morgan fingerprint density at radius 3 is 2.76 bits per heavy atom. The lowest BCUT2D eigenvalue weighted by Crippen LogP contribution is -2.43. The molecule has 0 spiro atoms. The number of carbonyl (C=O) groups is 1. The van der Waals surface area contributed by atoms with Crippen molar-refractivity contribution in [1.82, 2.24) is 23.9 Å². The molecule has 2 aromatic rings. The molecule has 1 unspecified atom stereocenters. The van der Waals surface area contributed by atoms with Gasteiger partial charge in [-0.05, 0) is 39.2 Å². The first-order valence-corrected chi connectivity index (χ1v) is 11.8. The van der Waals surface area contributed by atoms with Gasteiger partial charge in [0, 0.05) is 24.4 Å². The van der Waals surface area contributed by atoms with E-state index in [9.17, 15) is 13.2 Å². The van der Waals surface area contributed by atoms with E-state index in [-0.39, 0.29) is 12.4 Å². The monoisotopic (exact) mass is 423 g/mol. The van der Waals surface area contributed by atoms with Gasteiger partial charge in [0.25, 0.3) is 5.78 Å². The number of aryl methyl sites for hydroxylation is 3. The molecule has 0 radical (unpaired) electrons. The van der Waals surface area contributed by atoms with Crippen molar-refractivity contribution >= 4 is 21.8 Å². The Morgan fingerprint density at radius 1 is 1.28 bits per heavy atom. The number of ether oxygens (including phenoxy) is 1. The minimum Gasteiger partial charge on any atom is -0.464 e. The van der Waals surface area contributed by atoms with E-state index in [1.54, 1.807) is 4.52 Å². The number of rotatable bonds is 9. The van der Waals surface area contributed by atoms with Crippen molar-refractivity contribution < 1.29 is 17.9 Å².